The Labute approximate surface area is 111 Å². The monoisotopic (exact) mass is 275 g/mol. The molecule has 5 N–H and O–H groups in total. The van der Waals surface area contributed by atoms with Crippen molar-refractivity contribution < 1.29 is 13.2 Å². The minimum Gasteiger partial charge on any atom is -0.398 e. The zero-order valence-electron chi connectivity index (χ0n) is 10.9. The predicted octanol–water partition coefficient (Wildman–Crippen LogP) is 3.37. The van der Waals surface area contributed by atoms with Crippen LogP contribution in [0, 0.1) is 0 Å². The first-order valence-electron chi connectivity index (χ1n) is 6.33. The van der Waals surface area contributed by atoms with E-state index < -0.39 is 11.7 Å². The SMILES string of the molecule is CCCCCC(NN)c1cc(C(F)(F)F)ccc1N. The van der Waals surface area contributed by atoms with E-state index in [4.69, 9.17) is 11.6 Å². The van der Waals surface area contributed by atoms with Gasteiger partial charge in [0.05, 0.1) is 5.56 Å². The number of alkyl halides is 3. The summed E-state index contributed by atoms with van der Waals surface area (Å²) < 4.78 is 38.0. The summed E-state index contributed by atoms with van der Waals surface area (Å²) in [5.41, 5.74) is 8.34. The van der Waals surface area contributed by atoms with Gasteiger partial charge in [-0.25, -0.2) is 0 Å². The fraction of sp³-hybridized carbons (Fsp3) is 0.538. The molecule has 0 bridgehead atoms. The molecule has 0 saturated heterocycles. The number of nitrogens with one attached hydrogen (secondary N) is 1. The summed E-state index contributed by atoms with van der Waals surface area (Å²) in [7, 11) is 0. The van der Waals surface area contributed by atoms with Crippen LogP contribution >= 0.6 is 0 Å². The molecule has 0 aliphatic heterocycles. The number of halogens is 3. The lowest BCUT2D eigenvalue weighted by Crippen LogP contribution is -2.29. The first-order chi connectivity index (χ1) is 8.90. The highest BCUT2D eigenvalue weighted by molar-refractivity contribution is 5.50. The zero-order chi connectivity index (χ0) is 14.5. The average molecular weight is 275 g/mol. The minimum atomic E-state index is -4.37. The van der Waals surface area contributed by atoms with E-state index in [0.717, 1.165) is 31.4 Å². The lowest BCUT2D eigenvalue weighted by molar-refractivity contribution is -0.137. The van der Waals surface area contributed by atoms with Crippen LogP contribution in [0.5, 0.6) is 0 Å². The highest BCUT2D eigenvalue weighted by atomic mass is 19.4. The van der Waals surface area contributed by atoms with Gasteiger partial charge in [-0.2, -0.15) is 13.2 Å². The lowest BCUT2D eigenvalue weighted by atomic mass is 9.97. The number of hydrazine groups is 1. The maximum Gasteiger partial charge on any atom is 0.416 e. The third-order valence-corrected chi connectivity index (χ3v) is 3.09. The summed E-state index contributed by atoms with van der Waals surface area (Å²) in [6.07, 6.45) is -0.770. The smallest absolute Gasteiger partial charge is 0.398 e. The second kappa shape index (κ2) is 6.77. The van der Waals surface area contributed by atoms with Gasteiger partial charge < -0.3 is 5.73 Å². The molecule has 0 heterocycles. The first-order valence-corrected chi connectivity index (χ1v) is 6.33. The van der Waals surface area contributed by atoms with Gasteiger partial charge in [-0.15, -0.1) is 0 Å². The molecule has 19 heavy (non-hydrogen) atoms. The number of anilines is 1. The number of hydrogen-bond donors (Lipinski definition) is 3. The normalized spacial score (nSPS) is 13.5. The molecule has 0 saturated carbocycles. The van der Waals surface area contributed by atoms with Gasteiger partial charge >= 0.3 is 6.18 Å². The predicted molar refractivity (Wildman–Crippen MR) is 70.1 cm³/mol. The molecule has 108 valence electrons. The van der Waals surface area contributed by atoms with Crippen LogP contribution < -0.4 is 17.0 Å². The van der Waals surface area contributed by atoms with Crippen LogP contribution in [0.3, 0.4) is 0 Å². The first kappa shape index (κ1) is 15.8. The number of benzene rings is 1. The molecule has 0 amide bonds. The summed E-state index contributed by atoms with van der Waals surface area (Å²) >= 11 is 0. The fourth-order valence-corrected chi connectivity index (χ4v) is 1.98. The summed E-state index contributed by atoms with van der Waals surface area (Å²) in [5.74, 6) is 5.43. The van der Waals surface area contributed by atoms with E-state index in [1.165, 1.54) is 6.07 Å². The summed E-state index contributed by atoms with van der Waals surface area (Å²) in [4.78, 5) is 0. The standard InChI is InChI=1S/C13H20F3N3/c1-2-3-4-5-12(19-18)10-8-9(13(14,15)16)6-7-11(10)17/h6-8,12,19H,2-5,17-18H2,1H3. The molecular weight excluding hydrogens is 255 g/mol. The highest BCUT2D eigenvalue weighted by Crippen LogP contribution is 2.34. The molecule has 0 aliphatic carbocycles. The van der Waals surface area contributed by atoms with E-state index in [-0.39, 0.29) is 6.04 Å². The Hall–Kier alpha value is -1.27. The maximum absolute atomic E-state index is 12.7. The van der Waals surface area contributed by atoms with Gasteiger partial charge in [-0.3, -0.25) is 11.3 Å². The fourth-order valence-electron chi connectivity index (χ4n) is 1.98. The van der Waals surface area contributed by atoms with E-state index in [1.54, 1.807) is 0 Å². The van der Waals surface area contributed by atoms with Crippen LogP contribution in [-0.4, -0.2) is 0 Å². The van der Waals surface area contributed by atoms with Crippen molar-refractivity contribution in [3.8, 4) is 0 Å². The number of nitrogens with two attached hydrogens (primary N) is 2. The molecule has 0 radical (unpaired) electrons. The van der Waals surface area contributed by atoms with Gasteiger partial charge in [-0.1, -0.05) is 26.2 Å². The quantitative estimate of drug-likeness (QED) is 0.323. The van der Waals surface area contributed by atoms with Crippen LogP contribution in [0.15, 0.2) is 18.2 Å². The molecular formula is C13H20F3N3. The Bertz CT molecular complexity index is 405. The summed E-state index contributed by atoms with van der Waals surface area (Å²) in [6, 6.07) is 2.99. The third-order valence-electron chi connectivity index (χ3n) is 3.09. The minimum absolute atomic E-state index is 0.326. The Morgan fingerprint density at radius 2 is 1.95 bits per heavy atom. The van der Waals surface area contributed by atoms with Gasteiger partial charge in [0.2, 0.25) is 0 Å². The molecule has 1 rings (SSSR count). The van der Waals surface area contributed by atoms with Gasteiger partial charge in [0.25, 0.3) is 0 Å². The molecule has 0 aromatic heterocycles. The van der Waals surface area contributed by atoms with Crippen LogP contribution in [-0.2, 0) is 6.18 Å². The second-order valence-corrected chi connectivity index (χ2v) is 4.56. The third kappa shape index (κ3) is 4.40. The maximum atomic E-state index is 12.7. The van der Waals surface area contributed by atoms with Crippen molar-refractivity contribution in [3.05, 3.63) is 29.3 Å². The largest absolute Gasteiger partial charge is 0.416 e. The van der Waals surface area contributed by atoms with Gasteiger partial charge in [0.1, 0.15) is 0 Å². The Morgan fingerprint density at radius 3 is 2.47 bits per heavy atom. The molecule has 0 spiro atoms. The van der Waals surface area contributed by atoms with Crippen LogP contribution in [0.1, 0.15) is 49.8 Å². The van der Waals surface area contributed by atoms with Crippen molar-refractivity contribution in [2.75, 3.05) is 5.73 Å². The summed E-state index contributed by atoms with van der Waals surface area (Å²) in [5, 5.41) is 0. The van der Waals surface area contributed by atoms with E-state index >= 15 is 0 Å². The van der Waals surface area contributed by atoms with E-state index in [1.807, 2.05) is 0 Å². The van der Waals surface area contributed by atoms with Crippen molar-refractivity contribution in [2.24, 2.45) is 5.84 Å². The van der Waals surface area contributed by atoms with Gasteiger partial charge in [0.15, 0.2) is 0 Å². The molecule has 3 nitrogen and oxygen atoms in total. The van der Waals surface area contributed by atoms with Crippen molar-refractivity contribution in [1.29, 1.82) is 0 Å². The van der Waals surface area contributed by atoms with Crippen LogP contribution in [0.25, 0.3) is 0 Å². The van der Waals surface area contributed by atoms with Crippen molar-refractivity contribution in [1.82, 2.24) is 5.43 Å². The molecule has 1 aromatic carbocycles. The van der Waals surface area contributed by atoms with E-state index in [0.29, 0.717) is 17.7 Å². The summed E-state index contributed by atoms with van der Waals surface area (Å²) in [6.45, 7) is 2.06. The number of nitrogen functional groups attached to an aromatic ring is 1. The lowest BCUT2D eigenvalue weighted by Gasteiger charge is -2.19. The number of hydrogen-bond acceptors (Lipinski definition) is 3. The van der Waals surface area contributed by atoms with Crippen molar-refractivity contribution in [2.45, 2.75) is 44.8 Å². The van der Waals surface area contributed by atoms with Gasteiger partial charge in [-0.05, 0) is 30.2 Å². The molecule has 6 heteroatoms. The zero-order valence-corrected chi connectivity index (χ0v) is 10.9. The van der Waals surface area contributed by atoms with Crippen LogP contribution in [0.2, 0.25) is 0 Å². The topological polar surface area (TPSA) is 64.1 Å². The van der Waals surface area contributed by atoms with Gasteiger partial charge in [0, 0.05) is 11.7 Å². The van der Waals surface area contributed by atoms with E-state index in [9.17, 15) is 13.2 Å². The molecule has 1 unspecified atom stereocenters. The highest BCUT2D eigenvalue weighted by Gasteiger charge is 2.31. The Morgan fingerprint density at radius 1 is 1.26 bits per heavy atom. The van der Waals surface area contributed by atoms with Crippen molar-refractivity contribution >= 4 is 5.69 Å². The molecule has 0 fully saturated rings. The molecule has 1 atom stereocenters. The Kier molecular flexibility index (Phi) is 5.62. The Balaban J connectivity index is 2.95. The van der Waals surface area contributed by atoms with Crippen molar-refractivity contribution in [3.63, 3.8) is 0 Å². The number of rotatable bonds is 6. The molecule has 0 aliphatic rings. The average Bonchev–Trinajstić information content (AvgIpc) is 2.34. The van der Waals surface area contributed by atoms with E-state index in [2.05, 4.69) is 12.3 Å². The molecule has 1 aromatic rings. The second-order valence-electron chi connectivity index (χ2n) is 4.56. The van der Waals surface area contributed by atoms with Crippen LogP contribution in [0.4, 0.5) is 18.9 Å². The number of unbranched alkanes of at least 4 members (excludes halogenated alkanes) is 2.